The van der Waals surface area contributed by atoms with Crippen molar-refractivity contribution in [1.29, 1.82) is 0 Å². The summed E-state index contributed by atoms with van der Waals surface area (Å²) < 4.78 is 50.3. The maximum atomic E-state index is 12.4. The minimum absolute atomic E-state index is 0.0156. The van der Waals surface area contributed by atoms with Crippen molar-refractivity contribution >= 4 is 25.8 Å². The van der Waals surface area contributed by atoms with E-state index < -0.39 is 19.9 Å². The van der Waals surface area contributed by atoms with Crippen LogP contribution in [0.5, 0.6) is 0 Å². The van der Waals surface area contributed by atoms with Crippen LogP contribution in [-0.4, -0.2) is 53.0 Å². The molecule has 0 bridgehead atoms. The Kier molecular flexibility index (Phi) is 5.41. The molecular weight excluding hydrogens is 376 g/mol. The molecule has 1 aliphatic carbocycles. The Morgan fingerprint density at radius 2 is 1.62 bits per heavy atom. The molecule has 144 valence electrons. The van der Waals surface area contributed by atoms with Crippen LogP contribution in [-0.2, 0) is 24.7 Å². The van der Waals surface area contributed by atoms with Crippen molar-refractivity contribution in [2.75, 3.05) is 19.3 Å². The Morgan fingerprint density at radius 3 is 2.19 bits per heavy atom. The van der Waals surface area contributed by atoms with E-state index in [2.05, 4.69) is 4.72 Å². The van der Waals surface area contributed by atoms with Crippen LogP contribution < -0.4 is 4.72 Å². The highest BCUT2D eigenvalue weighted by Crippen LogP contribution is 2.29. The van der Waals surface area contributed by atoms with Crippen molar-refractivity contribution in [1.82, 2.24) is 9.62 Å². The molecule has 1 aromatic rings. The molecule has 1 amide bonds. The molecule has 7 nitrogen and oxygen atoms in total. The van der Waals surface area contributed by atoms with E-state index in [1.54, 1.807) is 0 Å². The molecule has 9 heteroatoms. The Bertz CT molecular complexity index is 872. The smallest absolute Gasteiger partial charge is 0.240 e. The fourth-order valence-corrected chi connectivity index (χ4v) is 5.44. The van der Waals surface area contributed by atoms with Gasteiger partial charge in [0, 0.05) is 31.8 Å². The summed E-state index contributed by atoms with van der Waals surface area (Å²) >= 11 is 0. The number of sulfonamides is 1. The first-order valence-corrected chi connectivity index (χ1v) is 12.1. The molecular formula is C17H24N2O5S2. The number of benzene rings is 1. The van der Waals surface area contributed by atoms with Crippen LogP contribution in [0, 0.1) is 5.92 Å². The maximum Gasteiger partial charge on any atom is 0.240 e. The van der Waals surface area contributed by atoms with E-state index in [1.807, 2.05) is 4.90 Å². The summed E-state index contributed by atoms with van der Waals surface area (Å²) in [5, 5.41) is 0. The largest absolute Gasteiger partial charge is 0.339 e. The summed E-state index contributed by atoms with van der Waals surface area (Å²) in [5.41, 5.74) is 0. The summed E-state index contributed by atoms with van der Waals surface area (Å²) in [6.45, 7) is 0.796. The van der Waals surface area contributed by atoms with Gasteiger partial charge in [0.25, 0.3) is 0 Å². The van der Waals surface area contributed by atoms with Gasteiger partial charge in [-0.1, -0.05) is 12.8 Å². The third-order valence-electron chi connectivity index (χ3n) is 5.13. The van der Waals surface area contributed by atoms with Crippen LogP contribution in [0.2, 0.25) is 0 Å². The maximum absolute atomic E-state index is 12.4. The van der Waals surface area contributed by atoms with Crippen molar-refractivity contribution in [2.24, 2.45) is 5.92 Å². The van der Waals surface area contributed by atoms with E-state index in [0.717, 1.165) is 31.9 Å². The van der Waals surface area contributed by atoms with Crippen LogP contribution in [0.25, 0.3) is 0 Å². The Labute approximate surface area is 154 Å². The summed E-state index contributed by atoms with van der Waals surface area (Å²) in [4.78, 5) is 14.2. The molecule has 1 N–H and O–H groups in total. The fraction of sp³-hybridized carbons (Fsp3) is 0.588. The SMILES string of the molecule is CS(=O)(=O)c1ccc(S(=O)(=O)NCC2CC(=O)N(C3CCCC3)C2)cc1. The third kappa shape index (κ3) is 4.27. The monoisotopic (exact) mass is 400 g/mol. The second kappa shape index (κ2) is 7.28. The highest BCUT2D eigenvalue weighted by molar-refractivity contribution is 7.90. The molecule has 0 radical (unpaired) electrons. The predicted octanol–water partition coefficient (Wildman–Crippen LogP) is 1.16. The molecule has 0 spiro atoms. The van der Waals surface area contributed by atoms with Crippen molar-refractivity contribution in [2.45, 2.75) is 47.9 Å². The highest BCUT2D eigenvalue weighted by atomic mass is 32.2. The van der Waals surface area contributed by atoms with Gasteiger partial charge in [-0.05, 0) is 43.0 Å². The zero-order chi connectivity index (χ0) is 18.9. The summed E-state index contributed by atoms with van der Waals surface area (Å²) in [7, 11) is -7.11. The van der Waals surface area contributed by atoms with E-state index in [9.17, 15) is 21.6 Å². The van der Waals surface area contributed by atoms with Gasteiger partial charge in [-0.25, -0.2) is 21.6 Å². The van der Waals surface area contributed by atoms with Crippen molar-refractivity contribution in [3.63, 3.8) is 0 Å². The normalized spacial score (nSPS) is 22.3. The lowest BCUT2D eigenvalue weighted by Crippen LogP contribution is -2.36. The van der Waals surface area contributed by atoms with Gasteiger partial charge in [0.2, 0.25) is 15.9 Å². The molecule has 3 rings (SSSR count). The average molecular weight is 401 g/mol. The van der Waals surface area contributed by atoms with Gasteiger partial charge in [0.15, 0.2) is 9.84 Å². The van der Waals surface area contributed by atoms with Gasteiger partial charge in [0.1, 0.15) is 0 Å². The van der Waals surface area contributed by atoms with Gasteiger partial charge < -0.3 is 4.90 Å². The first kappa shape index (κ1) is 19.3. The predicted molar refractivity (Wildman–Crippen MR) is 96.8 cm³/mol. The Balaban J connectivity index is 1.61. The molecule has 1 heterocycles. The van der Waals surface area contributed by atoms with Crippen molar-refractivity contribution < 1.29 is 21.6 Å². The molecule has 1 unspecified atom stereocenters. The topological polar surface area (TPSA) is 101 Å². The van der Waals surface area contributed by atoms with E-state index >= 15 is 0 Å². The number of carbonyl (C=O) groups excluding carboxylic acids is 1. The highest BCUT2D eigenvalue weighted by Gasteiger charge is 2.35. The van der Waals surface area contributed by atoms with E-state index in [1.165, 1.54) is 24.3 Å². The standard InChI is InChI=1S/C17H24N2O5S2/c1-25(21,22)15-6-8-16(9-7-15)26(23,24)18-11-13-10-17(20)19(12-13)14-4-2-3-5-14/h6-9,13-14,18H,2-5,10-12H2,1H3. The molecule has 1 atom stereocenters. The molecule has 26 heavy (non-hydrogen) atoms. The van der Waals surface area contributed by atoms with Crippen LogP contribution in [0.4, 0.5) is 0 Å². The second-order valence-electron chi connectivity index (χ2n) is 7.15. The summed E-state index contributed by atoms with van der Waals surface area (Å²) in [6, 6.07) is 5.44. The number of amides is 1. The number of sulfone groups is 1. The molecule has 2 fully saturated rings. The quantitative estimate of drug-likeness (QED) is 0.772. The minimum Gasteiger partial charge on any atom is -0.339 e. The number of nitrogens with one attached hydrogen (secondary N) is 1. The van der Waals surface area contributed by atoms with Gasteiger partial charge in [-0.2, -0.15) is 0 Å². The number of carbonyl (C=O) groups is 1. The fourth-order valence-electron chi connectivity index (χ4n) is 3.69. The molecule has 1 saturated carbocycles. The number of hydrogen-bond donors (Lipinski definition) is 1. The molecule has 1 saturated heterocycles. The summed E-state index contributed by atoms with van der Waals surface area (Å²) in [5.74, 6) is 0.0757. The van der Waals surface area contributed by atoms with Crippen LogP contribution in [0.3, 0.4) is 0 Å². The van der Waals surface area contributed by atoms with E-state index in [4.69, 9.17) is 0 Å². The van der Waals surface area contributed by atoms with Crippen molar-refractivity contribution in [3.05, 3.63) is 24.3 Å². The lowest BCUT2D eigenvalue weighted by Gasteiger charge is -2.24. The Hall–Kier alpha value is -1.45. The number of nitrogens with zero attached hydrogens (tertiary/aromatic N) is 1. The van der Waals surface area contributed by atoms with Gasteiger partial charge in [-0.15, -0.1) is 0 Å². The first-order valence-electron chi connectivity index (χ1n) is 8.76. The summed E-state index contributed by atoms with van der Waals surface area (Å²) in [6.07, 6.45) is 5.81. The van der Waals surface area contributed by atoms with Gasteiger partial charge in [-0.3, -0.25) is 4.79 Å². The number of likely N-dealkylation sites (tertiary alicyclic amines) is 1. The number of rotatable bonds is 6. The van der Waals surface area contributed by atoms with Crippen LogP contribution in [0.1, 0.15) is 32.1 Å². The van der Waals surface area contributed by atoms with E-state index in [-0.39, 0.29) is 28.2 Å². The average Bonchev–Trinajstić information content (AvgIpc) is 3.21. The number of hydrogen-bond acceptors (Lipinski definition) is 5. The van der Waals surface area contributed by atoms with E-state index in [0.29, 0.717) is 19.0 Å². The lowest BCUT2D eigenvalue weighted by molar-refractivity contribution is -0.129. The minimum atomic E-state index is -3.74. The van der Waals surface area contributed by atoms with Crippen LogP contribution in [0.15, 0.2) is 34.1 Å². The first-order chi connectivity index (χ1) is 12.2. The molecule has 2 aliphatic rings. The van der Waals surface area contributed by atoms with Gasteiger partial charge >= 0.3 is 0 Å². The molecule has 1 aliphatic heterocycles. The van der Waals surface area contributed by atoms with Crippen LogP contribution >= 0.6 is 0 Å². The van der Waals surface area contributed by atoms with Gasteiger partial charge in [0.05, 0.1) is 9.79 Å². The zero-order valence-electron chi connectivity index (χ0n) is 14.7. The lowest BCUT2D eigenvalue weighted by atomic mass is 10.1. The zero-order valence-corrected chi connectivity index (χ0v) is 16.4. The molecule has 0 aromatic heterocycles. The Morgan fingerprint density at radius 1 is 1.04 bits per heavy atom. The third-order valence-corrected chi connectivity index (χ3v) is 7.70. The van der Waals surface area contributed by atoms with Crippen molar-refractivity contribution in [3.8, 4) is 0 Å². The second-order valence-corrected chi connectivity index (χ2v) is 10.9. The molecule has 1 aromatic carbocycles.